The van der Waals surface area contributed by atoms with Gasteiger partial charge in [0.25, 0.3) is 0 Å². The van der Waals surface area contributed by atoms with Crippen molar-refractivity contribution >= 4 is 11.6 Å². The molecular formula is C13H15NO. The third-order valence-corrected chi connectivity index (χ3v) is 3.66. The van der Waals surface area contributed by atoms with E-state index in [1.807, 2.05) is 0 Å². The van der Waals surface area contributed by atoms with Crippen LogP contribution in [0.15, 0.2) is 18.2 Å². The van der Waals surface area contributed by atoms with E-state index in [1.54, 1.807) is 0 Å². The third-order valence-electron chi connectivity index (χ3n) is 3.66. The number of carbonyl (C=O) groups excluding carboxylic acids is 1. The molecule has 2 nitrogen and oxygen atoms in total. The summed E-state index contributed by atoms with van der Waals surface area (Å²) in [6.07, 6.45) is 2.04. The molecule has 3 rings (SSSR count). The zero-order chi connectivity index (χ0) is 10.6. The molecule has 0 atom stereocenters. The SMILES string of the molecule is CC(C)c1ccc2c(c1)NC(=O)C21CC1. The van der Waals surface area contributed by atoms with Crippen LogP contribution in [0.2, 0.25) is 0 Å². The molecule has 1 aliphatic heterocycles. The highest BCUT2D eigenvalue weighted by molar-refractivity contribution is 6.08. The maximum absolute atomic E-state index is 11.8. The average Bonchev–Trinajstić information content (AvgIpc) is 2.93. The zero-order valence-corrected chi connectivity index (χ0v) is 9.13. The molecule has 1 spiro atoms. The number of carbonyl (C=O) groups is 1. The van der Waals surface area contributed by atoms with Crippen molar-refractivity contribution in [2.45, 2.75) is 38.0 Å². The topological polar surface area (TPSA) is 29.1 Å². The minimum absolute atomic E-state index is 0.134. The average molecular weight is 201 g/mol. The van der Waals surface area contributed by atoms with Crippen molar-refractivity contribution in [1.29, 1.82) is 0 Å². The molecular weight excluding hydrogens is 186 g/mol. The third kappa shape index (κ3) is 1.08. The summed E-state index contributed by atoms with van der Waals surface area (Å²) in [5, 5.41) is 3.01. The highest BCUT2D eigenvalue weighted by Crippen LogP contribution is 2.55. The standard InChI is InChI=1S/C13H15NO/c1-8(2)9-3-4-10-11(7-9)14-12(15)13(10)5-6-13/h3-4,7-8H,5-6H2,1-2H3,(H,14,15). The van der Waals surface area contributed by atoms with E-state index in [1.165, 1.54) is 11.1 Å². The Morgan fingerprint density at radius 1 is 1.33 bits per heavy atom. The van der Waals surface area contributed by atoms with E-state index in [-0.39, 0.29) is 11.3 Å². The predicted molar refractivity (Wildman–Crippen MR) is 60.1 cm³/mol. The molecule has 0 saturated heterocycles. The first-order valence-corrected chi connectivity index (χ1v) is 5.59. The Labute approximate surface area is 89.7 Å². The molecule has 1 N–H and O–H groups in total. The lowest BCUT2D eigenvalue weighted by molar-refractivity contribution is -0.117. The lowest BCUT2D eigenvalue weighted by Gasteiger charge is -2.08. The monoisotopic (exact) mass is 201 g/mol. The number of anilines is 1. The van der Waals surface area contributed by atoms with Gasteiger partial charge in [-0.1, -0.05) is 26.0 Å². The summed E-state index contributed by atoms with van der Waals surface area (Å²) in [5.74, 6) is 0.723. The Morgan fingerprint density at radius 3 is 2.67 bits per heavy atom. The van der Waals surface area contributed by atoms with Gasteiger partial charge in [0.15, 0.2) is 0 Å². The van der Waals surface area contributed by atoms with Crippen LogP contribution in [0.3, 0.4) is 0 Å². The molecule has 1 saturated carbocycles. The van der Waals surface area contributed by atoms with Crippen LogP contribution in [0.1, 0.15) is 43.7 Å². The number of amides is 1. The summed E-state index contributed by atoms with van der Waals surface area (Å²) in [4.78, 5) is 11.8. The Morgan fingerprint density at radius 2 is 2.07 bits per heavy atom. The Balaban J connectivity index is 2.10. The number of fused-ring (bicyclic) bond motifs is 2. The predicted octanol–water partition coefficient (Wildman–Crippen LogP) is 2.79. The van der Waals surface area contributed by atoms with Crippen LogP contribution in [0.5, 0.6) is 0 Å². The highest BCUT2D eigenvalue weighted by atomic mass is 16.2. The van der Waals surface area contributed by atoms with Gasteiger partial charge in [0.1, 0.15) is 0 Å². The van der Waals surface area contributed by atoms with Crippen LogP contribution < -0.4 is 5.32 Å². The van der Waals surface area contributed by atoms with Crippen LogP contribution in [0, 0.1) is 0 Å². The fraction of sp³-hybridized carbons (Fsp3) is 0.462. The quantitative estimate of drug-likeness (QED) is 0.743. The highest BCUT2D eigenvalue weighted by Gasteiger charge is 2.56. The molecule has 1 aromatic carbocycles. The molecule has 0 aromatic heterocycles. The van der Waals surface area contributed by atoms with Crippen LogP contribution >= 0.6 is 0 Å². The van der Waals surface area contributed by atoms with Gasteiger partial charge in [-0.3, -0.25) is 4.79 Å². The number of nitrogens with one attached hydrogen (secondary N) is 1. The number of hydrogen-bond acceptors (Lipinski definition) is 1. The summed E-state index contributed by atoms with van der Waals surface area (Å²) in [6.45, 7) is 4.34. The fourth-order valence-electron chi connectivity index (χ4n) is 2.43. The molecule has 1 heterocycles. The van der Waals surface area contributed by atoms with Crippen LogP contribution in [-0.4, -0.2) is 5.91 Å². The first-order chi connectivity index (χ1) is 7.13. The van der Waals surface area contributed by atoms with Gasteiger partial charge < -0.3 is 5.32 Å². The Hall–Kier alpha value is -1.31. The molecule has 1 fully saturated rings. The van der Waals surface area contributed by atoms with E-state index in [4.69, 9.17) is 0 Å². The second-order valence-electron chi connectivity index (χ2n) is 5.00. The minimum atomic E-state index is -0.134. The first kappa shape index (κ1) is 8.96. The molecule has 2 heteroatoms. The maximum atomic E-state index is 11.8. The van der Waals surface area contributed by atoms with Crippen molar-refractivity contribution in [2.75, 3.05) is 5.32 Å². The first-order valence-electron chi connectivity index (χ1n) is 5.59. The van der Waals surface area contributed by atoms with Crippen molar-refractivity contribution in [2.24, 2.45) is 0 Å². The van der Waals surface area contributed by atoms with Gasteiger partial charge in [0.2, 0.25) is 5.91 Å². The van der Waals surface area contributed by atoms with Crippen LogP contribution in [-0.2, 0) is 10.2 Å². The lowest BCUT2D eigenvalue weighted by atomic mass is 9.94. The smallest absolute Gasteiger partial charge is 0.235 e. The molecule has 0 radical (unpaired) electrons. The maximum Gasteiger partial charge on any atom is 0.235 e. The van der Waals surface area contributed by atoms with Crippen LogP contribution in [0.4, 0.5) is 5.69 Å². The molecule has 0 bridgehead atoms. The second-order valence-corrected chi connectivity index (χ2v) is 5.00. The van der Waals surface area contributed by atoms with E-state index in [9.17, 15) is 4.79 Å². The molecule has 15 heavy (non-hydrogen) atoms. The lowest BCUT2D eigenvalue weighted by Crippen LogP contribution is -2.18. The molecule has 2 aliphatic rings. The molecule has 1 aliphatic carbocycles. The van der Waals surface area contributed by atoms with Crippen LogP contribution in [0.25, 0.3) is 0 Å². The number of benzene rings is 1. The Kier molecular flexibility index (Phi) is 1.57. The van der Waals surface area contributed by atoms with Gasteiger partial charge in [-0.15, -0.1) is 0 Å². The molecule has 1 amide bonds. The fourth-order valence-corrected chi connectivity index (χ4v) is 2.43. The summed E-state index contributed by atoms with van der Waals surface area (Å²) in [6, 6.07) is 6.42. The van der Waals surface area contributed by atoms with E-state index >= 15 is 0 Å². The van der Waals surface area contributed by atoms with E-state index in [2.05, 4.69) is 37.4 Å². The van der Waals surface area contributed by atoms with Gasteiger partial charge in [0, 0.05) is 5.69 Å². The van der Waals surface area contributed by atoms with Crippen molar-refractivity contribution in [3.05, 3.63) is 29.3 Å². The summed E-state index contributed by atoms with van der Waals surface area (Å²) < 4.78 is 0. The summed E-state index contributed by atoms with van der Waals surface area (Å²) in [5.41, 5.74) is 3.43. The van der Waals surface area contributed by atoms with E-state index in [0.717, 1.165) is 18.5 Å². The minimum Gasteiger partial charge on any atom is -0.325 e. The number of hydrogen-bond donors (Lipinski definition) is 1. The second kappa shape index (κ2) is 2.63. The number of rotatable bonds is 1. The van der Waals surface area contributed by atoms with Gasteiger partial charge in [-0.2, -0.15) is 0 Å². The largest absolute Gasteiger partial charge is 0.325 e. The normalized spacial score (nSPS) is 20.6. The summed E-state index contributed by atoms with van der Waals surface area (Å²) >= 11 is 0. The van der Waals surface area contributed by atoms with Gasteiger partial charge in [-0.25, -0.2) is 0 Å². The Bertz CT molecular complexity index is 444. The van der Waals surface area contributed by atoms with Crippen molar-refractivity contribution < 1.29 is 4.79 Å². The van der Waals surface area contributed by atoms with Gasteiger partial charge in [0.05, 0.1) is 5.41 Å². The molecule has 78 valence electrons. The summed E-state index contributed by atoms with van der Waals surface area (Å²) in [7, 11) is 0. The van der Waals surface area contributed by atoms with Crippen molar-refractivity contribution in [3.8, 4) is 0 Å². The van der Waals surface area contributed by atoms with Gasteiger partial charge in [-0.05, 0) is 36.0 Å². The van der Waals surface area contributed by atoms with E-state index < -0.39 is 0 Å². The van der Waals surface area contributed by atoms with E-state index in [0.29, 0.717) is 5.92 Å². The molecule has 1 aromatic rings. The van der Waals surface area contributed by atoms with Gasteiger partial charge >= 0.3 is 0 Å². The van der Waals surface area contributed by atoms with Crippen molar-refractivity contribution in [3.63, 3.8) is 0 Å². The zero-order valence-electron chi connectivity index (χ0n) is 9.13. The molecule has 0 unspecified atom stereocenters. The van der Waals surface area contributed by atoms with Crippen molar-refractivity contribution in [1.82, 2.24) is 0 Å².